The van der Waals surface area contributed by atoms with Crippen LogP contribution in [-0.2, 0) is 9.59 Å². The van der Waals surface area contributed by atoms with E-state index in [1.54, 1.807) is 6.92 Å². The number of carbonyl (C=O) groups excluding carboxylic acids is 1. The molecule has 0 heterocycles. The van der Waals surface area contributed by atoms with E-state index in [1.807, 2.05) is 18.7 Å². The monoisotopic (exact) mass is 272 g/mol. The van der Waals surface area contributed by atoms with E-state index in [1.165, 1.54) is 0 Å². The first kappa shape index (κ1) is 17.9. The lowest BCUT2D eigenvalue weighted by atomic mass is 10.1. The highest BCUT2D eigenvalue weighted by Crippen LogP contribution is 2.06. The number of nitrogens with one attached hydrogen (secondary N) is 1. The molecule has 19 heavy (non-hydrogen) atoms. The summed E-state index contributed by atoms with van der Waals surface area (Å²) < 4.78 is 0. The van der Waals surface area contributed by atoms with E-state index in [-0.39, 0.29) is 11.9 Å². The lowest BCUT2D eigenvalue weighted by Gasteiger charge is -2.28. The van der Waals surface area contributed by atoms with Crippen molar-refractivity contribution in [3.63, 3.8) is 0 Å². The van der Waals surface area contributed by atoms with Crippen molar-refractivity contribution >= 4 is 11.9 Å². The zero-order chi connectivity index (χ0) is 15.0. The molecule has 0 radical (unpaired) electrons. The van der Waals surface area contributed by atoms with Crippen molar-refractivity contribution in [2.24, 2.45) is 11.8 Å². The summed E-state index contributed by atoms with van der Waals surface area (Å²) in [6.07, 6.45) is 0.954. The topological polar surface area (TPSA) is 69.6 Å². The smallest absolute Gasteiger partial charge is 0.307 e. The highest BCUT2D eigenvalue weighted by atomic mass is 16.4. The Labute approximate surface area is 116 Å². The number of aliphatic carboxylic acids is 1. The standard InChI is InChI=1S/C14H28N2O3/c1-6-16(9-11(4)14(18)19)12(5)13(17)15-8-7-10(2)3/h10-12H,6-9H2,1-5H3,(H,15,17)(H,18,19). The van der Waals surface area contributed by atoms with Crippen molar-refractivity contribution in [1.29, 1.82) is 0 Å². The fourth-order valence-corrected chi connectivity index (χ4v) is 1.79. The highest BCUT2D eigenvalue weighted by molar-refractivity contribution is 5.81. The summed E-state index contributed by atoms with van der Waals surface area (Å²) in [6.45, 7) is 11.4. The molecule has 5 nitrogen and oxygen atoms in total. The Balaban J connectivity index is 4.28. The molecule has 0 fully saturated rings. The van der Waals surface area contributed by atoms with Crippen molar-refractivity contribution in [3.8, 4) is 0 Å². The molecule has 0 saturated carbocycles. The summed E-state index contributed by atoms with van der Waals surface area (Å²) in [5.74, 6) is -0.762. The third-order valence-corrected chi connectivity index (χ3v) is 3.28. The Morgan fingerprint density at radius 1 is 1.21 bits per heavy atom. The fraction of sp³-hybridized carbons (Fsp3) is 0.857. The molecule has 0 aromatic heterocycles. The molecule has 5 heteroatoms. The number of nitrogens with zero attached hydrogens (tertiary/aromatic N) is 1. The number of amides is 1. The Bertz CT molecular complexity index is 292. The van der Waals surface area contributed by atoms with Crippen molar-refractivity contribution in [3.05, 3.63) is 0 Å². The van der Waals surface area contributed by atoms with E-state index in [0.717, 1.165) is 6.42 Å². The van der Waals surface area contributed by atoms with Crippen molar-refractivity contribution in [2.75, 3.05) is 19.6 Å². The van der Waals surface area contributed by atoms with E-state index in [0.29, 0.717) is 25.6 Å². The highest BCUT2D eigenvalue weighted by Gasteiger charge is 2.23. The molecule has 0 aliphatic carbocycles. The first-order valence-corrected chi connectivity index (χ1v) is 7.04. The molecule has 0 aromatic rings. The zero-order valence-electron chi connectivity index (χ0n) is 12.8. The number of likely N-dealkylation sites (N-methyl/N-ethyl adjacent to an activating group) is 1. The number of carboxylic acids is 1. The van der Waals surface area contributed by atoms with Gasteiger partial charge >= 0.3 is 5.97 Å². The summed E-state index contributed by atoms with van der Waals surface area (Å²) in [4.78, 5) is 24.7. The maximum Gasteiger partial charge on any atom is 0.307 e. The van der Waals surface area contributed by atoms with Crippen LogP contribution >= 0.6 is 0 Å². The zero-order valence-corrected chi connectivity index (χ0v) is 12.8. The number of hydrogen-bond donors (Lipinski definition) is 2. The molecular formula is C14H28N2O3. The molecular weight excluding hydrogens is 244 g/mol. The quantitative estimate of drug-likeness (QED) is 0.668. The Morgan fingerprint density at radius 2 is 1.79 bits per heavy atom. The van der Waals surface area contributed by atoms with Crippen LogP contribution in [0, 0.1) is 11.8 Å². The summed E-state index contributed by atoms with van der Waals surface area (Å²) >= 11 is 0. The third-order valence-electron chi connectivity index (χ3n) is 3.28. The van der Waals surface area contributed by atoms with Gasteiger partial charge in [-0.25, -0.2) is 0 Å². The molecule has 0 saturated heterocycles. The van der Waals surface area contributed by atoms with Gasteiger partial charge in [-0.15, -0.1) is 0 Å². The van der Waals surface area contributed by atoms with Gasteiger partial charge in [-0.2, -0.15) is 0 Å². The van der Waals surface area contributed by atoms with Crippen LogP contribution in [0.4, 0.5) is 0 Å². The van der Waals surface area contributed by atoms with Gasteiger partial charge in [-0.1, -0.05) is 27.7 Å². The van der Waals surface area contributed by atoms with Gasteiger partial charge in [0.2, 0.25) is 5.91 Å². The normalized spacial score (nSPS) is 14.5. The molecule has 0 bridgehead atoms. The van der Waals surface area contributed by atoms with Crippen molar-refractivity contribution in [2.45, 2.75) is 47.1 Å². The second-order valence-corrected chi connectivity index (χ2v) is 5.48. The number of rotatable bonds is 9. The predicted octanol–water partition coefficient (Wildman–Crippen LogP) is 1.58. The van der Waals surface area contributed by atoms with Crippen LogP contribution in [0.1, 0.15) is 41.0 Å². The Hall–Kier alpha value is -1.10. The van der Waals surface area contributed by atoms with Crippen LogP contribution < -0.4 is 5.32 Å². The minimum Gasteiger partial charge on any atom is -0.481 e. The van der Waals surface area contributed by atoms with Crippen LogP contribution in [0.2, 0.25) is 0 Å². The van der Waals surface area contributed by atoms with Gasteiger partial charge in [0, 0.05) is 13.1 Å². The maximum atomic E-state index is 12.0. The molecule has 2 unspecified atom stereocenters. The second kappa shape index (κ2) is 8.91. The molecule has 0 aliphatic heterocycles. The van der Waals surface area contributed by atoms with Crippen LogP contribution in [0.25, 0.3) is 0 Å². The minimum absolute atomic E-state index is 0.0277. The van der Waals surface area contributed by atoms with Gasteiger partial charge in [0.15, 0.2) is 0 Å². The molecule has 0 spiro atoms. The van der Waals surface area contributed by atoms with E-state index in [2.05, 4.69) is 19.2 Å². The fourth-order valence-electron chi connectivity index (χ4n) is 1.79. The first-order valence-electron chi connectivity index (χ1n) is 7.04. The number of hydrogen-bond acceptors (Lipinski definition) is 3. The molecule has 0 rings (SSSR count). The molecule has 0 aliphatic rings. The van der Waals surface area contributed by atoms with Crippen molar-refractivity contribution in [1.82, 2.24) is 10.2 Å². The predicted molar refractivity (Wildman–Crippen MR) is 76.0 cm³/mol. The number of carboxylic acid groups (broad SMARTS) is 1. The largest absolute Gasteiger partial charge is 0.481 e. The van der Waals surface area contributed by atoms with Gasteiger partial charge in [-0.3, -0.25) is 14.5 Å². The lowest BCUT2D eigenvalue weighted by molar-refractivity contribution is -0.142. The summed E-state index contributed by atoms with van der Waals surface area (Å²) in [7, 11) is 0. The summed E-state index contributed by atoms with van der Waals surface area (Å²) in [5, 5.41) is 11.8. The van der Waals surface area contributed by atoms with Crippen LogP contribution in [0.5, 0.6) is 0 Å². The van der Waals surface area contributed by atoms with Gasteiger partial charge in [-0.05, 0) is 25.8 Å². The second-order valence-electron chi connectivity index (χ2n) is 5.48. The Morgan fingerprint density at radius 3 is 2.21 bits per heavy atom. The maximum absolute atomic E-state index is 12.0. The van der Waals surface area contributed by atoms with E-state index in [4.69, 9.17) is 5.11 Å². The van der Waals surface area contributed by atoms with Gasteiger partial charge < -0.3 is 10.4 Å². The van der Waals surface area contributed by atoms with E-state index in [9.17, 15) is 9.59 Å². The van der Waals surface area contributed by atoms with Crippen LogP contribution in [-0.4, -0.2) is 47.6 Å². The van der Waals surface area contributed by atoms with Crippen LogP contribution in [0.3, 0.4) is 0 Å². The average Bonchev–Trinajstić information content (AvgIpc) is 2.33. The lowest BCUT2D eigenvalue weighted by Crippen LogP contribution is -2.47. The summed E-state index contributed by atoms with van der Waals surface area (Å²) in [6, 6.07) is -0.293. The molecule has 1 amide bonds. The molecule has 2 atom stereocenters. The SMILES string of the molecule is CCN(CC(C)C(=O)O)C(C)C(=O)NCCC(C)C. The van der Waals surface area contributed by atoms with Gasteiger partial charge in [0.1, 0.15) is 0 Å². The number of carbonyl (C=O) groups is 2. The first-order chi connectivity index (χ1) is 8.79. The molecule has 112 valence electrons. The van der Waals surface area contributed by atoms with Gasteiger partial charge in [0.05, 0.1) is 12.0 Å². The van der Waals surface area contributed by atoms with E-state index < -0.39 is 11.9 Å². The average molecular weight is 272 g/mol. The summed E-state index contributed by atoms with van der Waals surface area (Å²) in [5.41, 5.74) is 0. The van der Waals surface area contributed by atoms with E-state index >= 15 is 0 Å². The minimum atomic E-state index is -0.828. The van der Waals surface area contributed by atoms with Gasteiger partial charge in [0.25, 0.3) is 0 Å². The third kappa shape index (κ3) is 7.15. The molecule has 0 aromatic carbocycles. The van der Waals surface area contributed by atoms with Crippen molar-refractivity contribution < 1.29 is 14.7 Å². The Kier molecular flexibility index (Phi) is 8.39. The molecule has 2 N–H and O–H groups in total. The van der Waals surface area contributed by atoms with Crippen LogP contribution in [0.15, 0.2) is 0 Å².